The van der Waals surface area contributed by atoms with E-state index in [4.69, 9.17) is 26.4 Å². The Morgan fingerprint density at radius 2 is 1.97 bits per heavy atom. The summed E-state index contributed by atoms with van der Waals surface area (Å²) in [4.78, 5) is 4.72. The van der Waals surface area contributed by atoms with Crippen LogP contribution in [-0.2, 0) is 11.3 Å². The van der Waals surface area contributed by atoms with Gasteiger partial charge in [0.2, 0.25) is 0 Å². The van der Waals surface area contributed by atoms with Gasteiger partial charge < -0.3 is 24.4 Å². The van der Waals surface area contributed by atoms with Gasteiger partial charge in [0.1, 0.15) is 11.5 Å². The number of rotatable bonds is 12. The van der Waals surface area contributed by atoms with Crippen molar-refractivity contribution in [3.8, 4) is 11.5 Å². The SMILES string of the molecule is CCCCCNC(=S)N(CCCN1CCOCC1)Cc1ccc(OC)cc1OC. The largest absolute Gasteiger partial charge is 0.497 e. The summed E-state index contributed by atoms with van der Waals surface area (Å²) in [6.07, 6.45) is 4.64. The second kappa shape index (κ2) is 13.6. The minimum atomic E-state index is 0.718. The Balaban J connectivity index is 1.97. The van der Waals surface area contributed by atoms with Crippen molar-refractivity contribution in [3.63, 3.8) is 0 Å². The molecule has 1 aliphatic heterocycles. The second-order valence-electron chi connectivity index (χ2n) is 7.35. The van der Waals surface area contributed by atoms with E-state index < -0.39 is 0 Å². The van der Waals surface area contributed by atoms with Crippen molar-refractivity contribution in [1.29, 1.82) is 0 Å². The zero-order valence-corrected chi connectivity index (χ0v) is 19.1. The van der Waals surface area contributed by atoms with Crippen molar-refractivity contribution >= 4 is 17.3 Å². The molecule has 0 aliphatic carbocycles. The van der Waals surface area contributed by atoms with Crippen molar-refractivity contribution in [1.82, 2.24) is 15.1 Å². The fourth-order valence-electron chi connectivity index (χ4n) is 3.43. The topological polar surface area (TPSA) is 46.2 Å². The van der Waals surface area contributed by atoms with Crippen molar-refractivity contribution in [3.05, 3.63) is 23.8 Å². The maximum absolute atomic E-state index is 5.74. The fraction of sp³-hybridized carbons (Fsp3) is 0.682. The van der Waals surface area contributed by atoms with E-state index in [-0.39, 0.29) is 0 Å². The van der Waals surface area contributed by atoms with Gasteiger partial charge >= 0.3 is 0 Å². The maximum atomic E-state index is 5.74. The molecular formula is C22H37N3O3S. The average molecular weight is 424 g/mol. The molecule has 164 valence electrons. The van der Waals surface area contributed by atoms with Crippen LogP contribution in [0.25, 0.3) is 0 Å². The standard InChI is InChI=1S/C22H37N3O3S/c1-4-5-6-10-23-22(29)25(12-7-11-24-13-15-28-16-14-24)18-19-8-9-20(26-2)17-21(19)27-3/h8-9,17H,4-7,10-16,18H2,1-3H3,(H,23,29). The Labute approximate surface area is 181 Å². The van der Waals surface area contributed by atoms with Gasteiger partial charge in [-0.15, -0.1) is 0 Å². The molecule has 1 aromatic rings. The smallest absolute Gasteiger partial charge is 0.169 e. The van der Waals surface area contributed by atoms with Crippen LogP contribution in [0.5, 0.6) is 11.5 Å². The van der Waals surface area contributed by atoms with Crippen LogP contribution in [0.3, 0.4) is 0 Å². The number of thiocarbonyl (C=S) groups is 1. The molecule has 7 heteroatoms. The van der Waals surface area contributed by atoms with Crippen LogP contribution >= 0.6 is 12.2 Å². The van der Waals surface area contributed by atoms with Crippen molar-refractivity contribution in [2.24, 2.45) is 0 Å². The number of ether oxygens (including phenoxy) is 3. The van der Waals surface area contributed by atoms with Crippen molar-refractivity contribution < 1.29 is 14.2 Å². The quantitative estimate of drug-likeness (QED) is 0.409. The lowest BCUT2D eigenvalue weighted by atomic mass is 10.1. The first-order valence-corrected chi connectivity index (χ1v) is 11.1. The summed E-state index contributed by atoms with van der Waals surface area (Å²) in [5.74, 6) is 1.63. The zero-order valence-electron chi connectivity index (χ0n) is 18.2. The van der Waals surface area contributed by atoms with Crippen molar-refractivity contribution in [2.45, 2.75) is 39.2 Å². The predicted molar refractivity (Wildman–Crippen MR) is 122 cm³/mol. The summed E-state index contributed by atoms with van der Waals surface area (Å²) >= 11 is 5.74. The summed E-state index contributed by atoms with van der Waals surface area (Å²) in [7, 11) is 3.37. The predicted octanol–water partition coefficient (Wildman–Crippen LogP) is 3.29. The van der Waals surface area contributed by atoms with Crippen LogP contribution in [0.4, 0.5) is 0 Å². The maximum Gasteiger partial charge on any atom is 0.169 e. The van der Waals surface area contributed by atoms with Crippen LogP contribution in [-0.4, -0.2) is 75.1 Å². The van der Waals surface area contributed by atoms with Gasteiger partial charge in [0.25, 0.3) is 0 Å². The van der Waals surface area contributed by atoms with Crippen LogP contribution in [0, 0.1) is 0 Å². The second-order valence-corrected chi connectivity index (χ2v) is 7.73. The molecule has 1 N–H and O–H groups in total. The molecule has 0 amide bonds. The van der Waals surface area contributed by atoms with Gasteiger partial charge in [-0.2, -0.15) is 0 Å². The van der Waals surface area contributed by atoms with E-state index in [0.29, 0.717) is 0 Å². The molecule has 0 spiro atoms. The Kier molecular flexibility index (Phi) is 11.1. The Bertz CT molecular complexity index is 609. The molecule has 0 saturated carbocycles. The lowest BCUT2D eigenvalue weighted by Crippen LogP contribution is -2.42. The molecule has 0 unspecified atom stereocenters. The van der Waals surface area contributed by atoms with Crippen LogP contribution in [0.15, 0.2) is 18.2 Å². The molecule has 1 aliphatic rings. The highest BCUT2D eigenvalue weighted by Crippen LogP contribution is 2.26. The zero-order chi connectivity index (χ0) is 20.9. The highest BCUT2D eigenvalue weighted by Gasteiger charge is 2.15. The third kappa shape index (κ3) is 8.36. The number of nitrogens with zero attached hydrogens (tertiary/aromatic N) is 2. The average Bonchev–Trinajstić information content (AvgIpc) is 2.76. The van der Waals surface area contributed by atoms with Crippen LogP contribution in [0.1, 0.15) is 38.2 Å². The van der Waals surface area contributed by atoms with Gasteiger partial charge in [0.15, 0.2) is 5.11 Å². The number of nitrogens with one attached hydrogen (secondary N) is 1. The molecule has 1 heterocycles. The summed E-state index contributed by atoms with van der Waals surface area (Å²) in [5, 5.41) is 4.26. The summed E-state index contributed by atoms with van der Waals surface area (Å²) in [6.45, 7) is 9.55. The molecule has 29 heavy (non-hydrogen) atoms. The molecule has 0 radical (unpaired) electrons. The number of morpholine rings is 1. The monoisotopic (exact) mass is 423 g/mol. The first-order chi connectivity index (χ1) is 14.2. The summed E-state index contributed by atoms with van der Waals surface area (Å²) in [5.41, 5.74) is 1.11. The van der Waals surface area contributed by atoms with E-state index in [1.54, 1.807) is 14.2 Å². The number of hydrogen-bond acceptors (Lipinski definition) is 5. The van der Waals surface area contributed by atoms with E-state index in [1.807, 2.05) is 12.1 Å². The molecular weight excluding hydrogens is 386 g/mol. The number of benzene rings is 1. The highest BCUT2D eigenvalue weighted by atomic mass is 32.1. The normalized spacial score (nSPS) is 14.4. The molecule has 1 fully saturated rings. The van der Waals surface area contributed by atoms with Crippen molar-refractivity contribution in [2.75, 3.05) is 60.2 Å². The van der Waals surface area contributed by atoms with E-state index in [1.165, 1.54) is 12.8 Å². The minimum Gasteiger partial charge on any atom is -0.497 e. The summed E-state index contributed by atoms with van der Waals surface area (Å²) in [6, 6.07) is 5.97. The van der Waals surface area contributed by atoms with E-state index in [2.05, 4.69) is 28.1 Å². The lowest BCUT2D eigenvalue weighted by Gasteiger charge is -2.30. The van der Waals surface area contributed by atoms with Gasteiger partial charge in [-0.1, -0.05) is 19.8 Å². The fourth-order valence-corrected chi connectivity index (χ4v) is 3.69. The molecule has 1 aromatic carbocycles. The Morgan fingerprint density at radius 1 is 1.17 bits per heavy atom. The van der Waals surface area contributed by atoms with Gasteiger partial charge in [-0.3, -0.25) is 4.90 Å². The van der Waals surface area contributed by atoms with Gasteiger partial charge in [0.05, 0.1) is 27.4 Å². The van der Waals surface area contributed by atoms with E-state index >= 15 is 0 Å². The highest BCUT2D eigenvalue weighted by molar-refractivity contribution is 7.80. The number of hydrogen-bond donors (Lipinski definition) is 1. The van der Waals surface area contributed by atoms with Crippen LogP contribution in [0.2, 0.25) is 0 Å². The Morgan fingerprint density at radius 3 is 2.66 bits per heavy atom. The molecule has 1 saturated heterocycles. The first-order valence-electron chi connectivity index (χ1n) is 10.7. The van der Waals surface area contributed by atoms with E-state index in [0.717, 1.165) is 87.5 Å². The number of methoxy groups -OCH3 is 2. The lowest BCUT2D eigenvalue weighted by molar-refractivity contribution is 0.0367. The third-order valence-electron chi connectivity index (χ3n) is 5.21. The third-order valence-corrected chi connectivity index (χ3v) is 5.61. The van der Waals surface area contributed by atoms with Gasteiger partial charge in [-0.25, -0.2) is 0 Å². The molecule has 0 atom stereocenters. The first kappa shape index (κ1) is 23.7. The molecule has 0 bridgehead atoms. The molecule has 6 nitrogen and oxygen atoms in total. The van der Waals surface area contributed by atoms with Gasteiger partial charge in [-0.05, 0) is 37.2 Å². The van der Waals surface area contributed by atoms with E-state index in [9.17, 15) is 0 Å². The van der Waals surface area contributed by atoms with Gasteiger partial charge in [0, 0.05) is 50.9 Å². The van der Waals surface area contributed by atoms with Crippen LogP contribution < -0.4 is 14.8 Å². The molecule has 0 aromatic heterocycles. The minimum absolute atomic E-state index is 0.718. The number of unbranched alkanes of at least 4 members (excludes halogenated alkanes) is 2. The Hall–Kier alpha value is -1.57. The molecule has 2 rings (SSSR count). The summed E-state index contributed by atoms with van der Waals surface area (Å²) < 4.78 is 16.4.